The zero-order valence-electron chi connectivity index (χ0n) is 14.4. The molecular weight excluding hydrogens is 384 g/mol. The summed E-state index contributed by atoms with van der Waals surface area (Å²) >= 11 is 7.16. The van der Waals surface area contributed by atoms with E-state index in [9.17, 15) is 9.59 Å². The molecule has 5 nitrogen and oxygen atoms in total. The number of ether oxygens (including phenoxy) is 1. The molecule has 0 radical (unpaired) electrons. The van der Waals surface area contributed by atoms with Crippen LogP contribution in [0.15, 0.2) is 48.5 Å². The van der Waals surface area contributed by atoms with Crippen molar-refractivity contribution in [1.82, 2.24) is 4.98 Å². The Kier molecular flexibility index (Phi) is 4.68. The Bertz CT molecular complexity index is 1030. The summed E-state index contributed by atoms with van der Waals surface area (Å²) in [5, 5.41) is 3.76. The van der Waals surface area contributed by atoms with Crippen LogP contribution < -0.4 is 10.1 Å². The van der Waals surface area contributed by atoms with Gasteiger partial charge in [-0.25, -0.2) is 4.98 Å². The maximum absolute atomic E-state index is 12.6. The highest BCUT2D eigenvalue weighted by molar-refractivity contribution is 7.18. The first kappa shape index (κ1) is 17.7. The minimum absolute atomic E-state index is 0.0917. The van der Waals surface area contributed by atoms with Crippen molar-refractivity contribution >= 4 is 39.8 Å². The minimum Gasteiger partial charge on any atom is -0.480 e. The molecule has 2 heterocycles. The van der Waals surface area contributed by atoms with Gasteiger partial charge in [-0.3, -0.25) is 14.9 Å². The molecule has 136 valence electrons. The summed E-state index contributed by atoms with van der Waals surface area (Å²) in [6, 6.07) is 14.7. The lowest BCUT2D eigenvalue weighted by Crippen LogP contribution is -2.31. The van der Waals surface area contributed by atoms with Crippen molar-refractivity contribution in [2.75, 3.05) is 5.32 Å². The van der Waals surface area contributed by atoms with E-state index in [-0.39, 0.29) is 11.7 Å². The largest absolute Gasteiger partial charge is 0.480 e. The molecule has 4 rings (SSSR count). The van der Waals surface area contributed by atoms with E-state index in [1.807, 2.05) is 30.3 Å². The quantitative estimate of drug-likeness (QED) is 0.651. The molecule has 2 aromatic carbocycles. The molecule has 7 heteroatoms. The van der Waals surface area contributed by atoms with Gasteiger partial charge in [0.2, 0.25) is 0 Å². The zero-order chi connectivity index (χ0) is 19.0. The summed E-state index contributed by atoms with van der Waals surface area (Å²) in [6.45, 7) is 1.49. The van der Waals surface area contributed by atoms with Crippen molar-refractivity contribution < 1.29 is 14.3 Å². The number of nitrogens with zero attached hydrogens (tertiary/aromatic N) is 1. The molecule has 1 N–H and O–H groups in total. The van der Waals surface area contributed by atoms with Gasteiger partial charge in [-0.05, 0) is 23.8 Å². The number of carbonyl (C=O) groups excluding carboxylic acids is 2. The molecule has 1 aromatic heterocycles. The lowest BCUT2D eigenvalue weighted by Gasteiger charge is -2.09. The average Bonchev–Trinajstić information content (AvgIpc) is 3.26. The van der Waals surface area contributed by atoms with Crippen LogP contribution in [0.2, 0.25) is 5.02 Å². The molecule has 0 saturated heterocycles. The van der Waals surface area contributed by atoms with E-state index in [2.05, 4.69) is 10.3 Å². The number of hydrogen-bond acceptors (Lipinski definition) is 5. The van der Waals surface area contributed by atoms with Crippen molar-refractivity contribution in [3.05, 3.63) is 64.0 Å². The monoisotopic (exact) mass is 398 g/mol. The SMILES string of the molecule is CC(=O)c1sc(NC(=O)C2Cc3cc(Cl)ccc3O2)nc1-c1ccccc1. The van der Waals surface area contributed by atoms with E-state index in [4.69, 9.17) is 16.3 Å². The molecule has 1 aliphatic rings. The molecule has 3 aromatic rings. The average molecular weight is 399 g/mol. The van der Waals surface area contributed by atoms with Crippen molar-refractivity contribution in [2.45, 2.75) is 19.4 Å². The Balaban J connectivity index is 1.55. The first-order valence-electron chi connectivity index (χ1n) is 8.34. The Morgan fingerprint density at radius 1 is 1.22 bits per heavy atom. The molecule has 0 fully saturated rings. The number of Topliss-reactive ketones (excluding diaryl/α,β-unsaturated/α-hetero) is 1. The van der Waals surface area contributed by atoms with Crippen LogP contribution in [-0.2, 0) is 11.2 Å². The number of anilines is 1. The van der Waals surface area contributed by atoms with Gasteiger partial charge in [-0.2, -0.15) is 0 Å². The maximum atomic E-state index is 12.6. The second-order valence-electron chi connectivity index (χ2n) is 6.17. The fraction of sp³-hybridized carbons (Fsp3) is 0.150. The Hall–Kier alpha value is -2.70. The van der Waals surface area contributed by atoms with Crippen LogP contribution in [0.5, 0.6) is 5.75 Å². The van der Waals surface area contributed by atoms with E-state index in [1.165, 1.54) is 18.3 Å². The number of thiazole rings is 1. The third-order valence-electron chi connectivity index (χ3n) is 4.21. The standard InChI is InChI=1S/C20H15ClN2O3S/c1-11(24)18-17(12-5-3-2-4-6-12)22-20(27-18)23-19(25)16-10-13-9-14(21)7-8-15(13)26-16/h2-9,16H,10H2,1H3,(H,22,23,25). The summed E-state index contributed by atoms with van der Waals surface area (Å²) < 4.78 is 5.70. The lowest BCUT2D eigenvalue weighted by molar-refractivity contribution is -0.122. The van der Waals surface area contributed by atoms with E-state index in [1.54, 1.807) is 18.2 Å². The highest BCUT2D eigenvalue weighted by Crippen LogP contribution is 2.34. The van der Waals surface area contributed by atoms with Gasteiger partial charge in [0, 0.05) is 23.9 Å². The number of nitrogens with one attached hydrogen (secondary N) is 1. The van der Waals surface area contributed by atoms with Crippen LogP contribution in [0, 0.1) is 0 Å². The van der Waals surface area contributed by atoms with Crippen LogP contribution >= 0.6 is 22.9 Å². The van der Waals surface area contributed by atoms with Gasteiger partial charge in [0.05, 0.1) is 10.6 Å². The van der Waals surface area contributed by atoms with E-state index >= 15 is 0 Å². The van der Waals surface area contributed by atoms with Gasteiger partial charge in [0.1, 0.15) is 5.75 Å². The van der Waals surface area contributed by atoms with Crippen molar-refractivity contribution in [2.24, 2.45) is 0 Å². The third kappa shape index (κ3) is 3.59. The Labute approximate surface area is 165 Å². The fourth-order valence-corrected chi connectivity index (χ4v) is 4.03. The number of carbonyl (C=O) groups is 2. The zero-order valence-corrected chi connectivity index (χ0v) is 15.9. The van der Waals surface area contributed by atoms with Gasteiger partial charge in [0.25, 0.3) is 5.91 Å². The molecule has 1 amide bonds. The maximum Gasteiger partial charge on any atom is 0.267 e. The number of amides is 1. The number of rotatable bonds is 4. The van der Waals surface area contributed by atoms with E-state index in [0.717, 1.165) is 11.1 Å². The molecule has 0 saturated carbocycles. The molecule has 0 bridgehead atoms. The molecule has 0 spiro atoms. The smallest absolute Gasteiger partial charge is 0.267 e. The molecule has 1 unspecified atom stereocenters. The number of hydrogen-bond donors (Lipinski definition) is 1. The van der Waals surface area contributed by atoms with E-state index in [0.29, 0.717) is 32.9 Å². The summed E-state index contributed by atoms with van der Waals surface area (Å²) in [6.07, 6.45) is -0.207. The lowest BCUT2D eigenvalue weighted by atomic mass is 10.1. The van der Waals surface area contributed by atoms with Gasteiger partial charge < -0.3 is 4.74 Å². The number of ketones is 1. The molecule has 0 aliphatic carbocycles. The van der Waals surface area contributed by atoms with Crippen LogP contribution in [0.1, 0.15) is 22.2 Å². The molecule has 27 heavy (non-hydrogen) atoms. The second-order valence-corrected chi connectivity index (χ2v) is 7.61. The first-order valence-corrected chi connectivity index (χ1v) is 9.54. The van der Waals surface area contributed by atoms with Gasteiger partial charge >= 0.3 is 0 Å². The fourth-order valence-electron chi connectivity index (χ4n) is 2.95. The number of halogens is 1. The number of aromatic nitrogens is 1. The van der Waals surface area contributed by atoms with Crippen molar-refractivity contribution in [3.8, 4) is 17.0 Å². The summed E-state index contributed by atoms with van der Waals surface area (Å²) in [4.78, 5) is 29.6. The first-order chi connectivity index (χ1) is 13.0. The van der Waals surface area contributed by atoms with Crippen LogP contribution in [0.25, 0.3) is 11.3 Å². The van der Waals surface area contributed by atoms with Crippen LogP contribution in [0.3, 0.4) is 0 Å². The van der Waals surface area contributed by atoms with Gasteiger partial charge in [-0.1, -0.05) is 53.3 Å². The molecule has 1 aliphatic heterocycles. The normalized spacial score (nSPS) is 15.1. The minimum atomic E-state index is -0.650. The highest BCUT2D eigenvalue weighted by Gasteiger charge is 2.30. The molecular formula is C20H15ClN2O3S. The predicted molar refractivity (Wildman–Crippen MR) is 106 cm³/mol. The van der Waals surface area contributed by atoms with Crippen LogP contribution in [-0.4, -0.2) is 22.8 Å². The van der Waals surface area contributed by atoms with Crippen molar-refractivity contribution in [3.63, 3.8) is 0 Å². The Morgan fingerprint density at radius 2 is 2.00 bits per heavy atom. The summed E-state index contributed by atoms with van der Waals surface area (Å²) in [5.74, 6) is 0.268. The summed E-state index contributed by atoms with van der Waals surface area (Å²) in [5.41, 5.74) is 2.31. The van der Waals surface area contributed by atoms with Gasteiger partial charge in [-0.15, -0.1) is 0 Å². The highest BCUT2D eigenvalue weighted by atomic mass is 35.5. The third-order valence-corrected chi connectivity index (χ3v) is 5.52. The van der Waals surface area contributed by atoms with Crippen molar-refractivity contribution in [1.29, 1.82) is 0 Å². The predicted octanol–water partition coefficient (Wildman–Crippen LogP) is 4.61. The molecule has 1 atom stereocenters. The topological polar surface area (TPSA) is 68.3 Å². The van der Waals surface area contributed by atoms with Crippen LogP contribution in [0.4, 0.5) is 5.13 Å². The summed E-state index contributed by atoms with van der Waals surface area (Å²) in [7, 11) is 0. The van der Waals surface area contributed by atoms with Gasteiger partial charge in [0.15, 0.2) is 17.0 Å². The number of benzene rings is 2. The number of fused-ring (bicyclic) bond motifs is 1. The Morgan fingerprint density at radius 3 is 2.74 bits per heavy atom. The second kappa shape index (κ2) is 7.13. The van der Waals surface area contributed by atoms with E-state index < -0.39 is 6.10 Å².